The Balaban J connectivity index is 1.70. The number of methoxy groups -OCH3 is 1. The number of amides is 1. The first-order valence-corrected chi connectivity index (χ1v) is 7.70. The molecule has 3 nitrogen and oxygen atoms in total. The molecular formula is C18H20ClNO2. The summed E-state index contributed by atoms with van der Waals surface area (Å²) in [7, 11) is 1.63. The fourth-order valence-corrected chi connectivity index (χ4v) is 2.43. The zero-order valence-corrected chi connectivity index (χ0v) is 13.4. The van der Waals surface area contributed by atoms with Gasteiger partial charge < -0.3 is 10.1 Å². The van der Waals surface area contributed by atoms with Crippen LogP contribution in [-0.4, -0.2) is 19.6 Å². The summed E-state index contributed by atoms with van der Waals surface area (Å²) in [5.74, 6) is 0.827. The maximum absolute atomic E-state index is 11.9. The van der Waals surface area contributed by atoms with E-state index in [0.29, 0.717) is 13.0 Å². The van der Waals surface area contributed by atoms with Crippen molar-refractivity contribution in [2.45, 2.75) is 19.3 Å². The predicted octanol–water partition coefficient (Wildman–Crippen LogP) is 3.64. The number of carbonyl (C=O) groups is 1. The molecule has 0 aliphatic carbocycles. The molecule has 0 aliphatic rings. The van der Waals surface area contributed by atoms with Gasteiger partial charge in [0.1, 0.15) is 5.75 Å². The molecule has 22 heavy (non-hydrogen) atoms. The molecule has 0 radical (unpaired) electrons. The van der Waals surface area contributed by atoms with Gasteiger partial charge in [-0.15, -0.1) is 0 Å². The number of benzene rings is 2. The molecule has 2 rings (SSSR count). The van der Waals surface area contributed by atoms with Crippen LogP contribution in [0.1, 0.15) is 17.5 Å². The van der Waals surface area contributed by atoms with E-state index in [2.05, 4.69) is 5.32 Å². The van der Waals surface area contributed by atoms with Crippen LogP contribution in [0.25, 0.3) is 0 Å². The fraction of sp³-hybridized carbons (Fsp3) is 0.278. The topological polar surface area (TPSA) is 38.3 Å². The number of rotatable bonds is 7. The van der Waals surface area contributed by atoms with Gasteiger partial charge >= 0.3 is 0 Å². The smallest absolute Gasteiger partial charge is 0.224 e. The Morgan fingerprint density at radius 1 is 1.14 bits per heavy atom. The summed E-state index contributed by atoms with van der Waals surface area (Å²) in [4.78, 5) is 11.9. The highest BCUT2D eigenvalue weighted by Gasteiger charge is 2.04. The van der Waals surface area contributed by atoms with Crippen LogP contribution < -0.4 is 10.1 Å². The van der Waals surface area contributed by atoms with E-state index in [9.17, 15) is 4.79 Å². The van der Waals surface area contributed by atoms with Crippen molar-refractivity contribution in [3.63, 3.8) is 0 Å². The van der Waals surface area contributed by atoms with Crippen LogP contribution in [0, 0.1) is 0 Å². The highest BCUT2D eigenvalue weighted by molar-refractivity contribution is 6.31. The molecule has 0 fully saturated rings. The Hall–Kier alpha value is -2.00. The number of halogens is 1. The number of ether oxygens (including phenoxy) is 1. The third-order valence-electron chi connectivity index (χ3n) is 3.43. The van der Waals surface area contributed by atoms with Crippen LogP contribution in [0.5, 0.6) is 5.75 Å². The van der Waals surface area contributed by atoms with Crippen molar-refractivity contribution in [1.82, 2.24) is 5.32 Å². The largest absolute Gasteiger partial charge is 0.497 e. The molecule has 116 valence electrons. The lowest BCUT2D eigenvalue weighted by molar-refractivity contribution is -0.120. The Kier molecular flexibility index (Phi) is 6.28. The molecule has 0 aromatic heterocycles. The van der Waals surface area contributed by atoms with Crippen LogP contribution in [0.4, 0.5) is 0 Å². The summed E-state index contributed by atoms with van der Waals surface area (Å²) >= 11 is 6.10. The standard InChI is InChI=1S/C18H20ClNO2/c1-22-16-10-8-14(9-11-16)13-18(21)20-12-4-6-15-5-2-3-7-17(15)19/h2-3,5,7-11H,4,6,12-13H2,1H3,(H,20,21). The molecule has 0 spiro atoms. The number of hydrogen-bond acceptors (Lipinski definition) is 2. The van der Waals surface area contributed by atoms with Gasteiger partial charge in [-0.3, -0.25) is 4.79 Å². The zero-order valence-electron chi connectivity index (χ0n) is 12.6. The van der Waals surface area contributed by atoms with Crippen molar-refractivity contribution in [1.29, 1.82) is 0 Å². The first-order chi connectivity index (χ1) is 10.7. The summed E-state index contributed by atoms with van der Waals surface area (Å²) < 4.78 is 5.09. The Labute approximate surface area is 136 Å². The van der Waals surface area contributed by atoms with Crippen molar-refractivity contribution in [2.24, 2.45) is 0 Å². The maximum Gasteiger partial charge on any atom is 0.224 e. The number of nitrogens with one attached hydrogen (secondary N) is 1. The van der Waals surface area contributed by atoms with Gasteiger partial charge in [0.2, 0.25) is 5.91 Å². The van der Waals surface area contributed by atoms with E-state index in [1.54, 1.807) is 7.11 Å². The van der Waals surface area contributed by atoms with Gasteiger partial charge in [-0.05, 0) is 42.2 Å². The van der Waals surface area contributed by atoms with Gasteiger partial charge in [0.25, 0.3) is 0 Å². The molecule has 2 aromatic carbocycles. The average molecular weight is 318 g/mol. The highest BCUT2D eigenvalue weighted by Crippen LogP contribution is 2.16. The molecule has 0 unspecified atom stereocenters. The summed E-state index contributed by atoms with van der Waals surface area (Å²) in [6, 6.07) is 15.3. The van der Waals surface area contributed by atoms with E-state index in [1.165, 1.54) is 0 Å². The highest BCUT2D eigenvalue weighted by atomic mass is 35.5. The number of carbonyl (C=O) groups excluding carboxylic acids is 1. The third kappa shape index (κ3) is 5.08. The summed E-state index contributed by atoms with van der Waals surface area (Å²) in [6.45, 7) is 0.653. The molecule has 0 saturated carbocycles. The maximum atomic E-state index is 11.9. The minimum Gasteiger partial charge on any atom is -0.497 e. The van der Waals surface area contributed by atoms with E-state index >= 15 is 0 Å². The van der Waals surface area contributed by atoms with Crippen LogP contribution in [0.15, 0.2) is 48.5 Å². The summed E-state index contributed by atoms with van der Waals surface area (Å²) in [6.07, 6.45) is 2.12. The molecular weight excluding hydrogens is 298 g/mol. The predicted molar refractivity (Wildman–Crippen MR) is 89.5 cm³/mol. The number of aryl methyl sites for hydroxylation is 1. The van der Waals surface area contributed by atoms with Gasteiger partial charge in [-0.2, -0.15) is 0 Å². The van der Waals surface area contributed by atoms with E-state index < -0.39 is 0 Å². The summed E-state index contributed by atoms with van der Waals surface area (Å²) in [5.41, 5.74) is 2.10. The minimum atomic E-state index is 0.0318. The van der Waals surface area contributed by atoms with Crippen molar-refractivity contribution in [2.75, 3.05) is 13.7 Å². The second-order valence-corrected chi connectivity index (χ2v) is 5.48. The van der Waals surface area contributed by atoms with E-state index in [-0.39, 0.29) is 5.91 Å². The van der Waals surface area contributed by atoms with Gasteiger partial charge in [0, 0.05) is 11.6 Å². The van der Waals surface area contributed by atoms with Crippen molar-refractivity contribution in [3.05, 3.63) is 64.7 Å². The third-order valence-corrected chi connectivity index (χ3v) is 3.80. The Morgan fingerprint density at radius 2 is 1.86 bits per heavy atom. The molecule has 1 amide bonds. The molecule has 1 N–H and O–H groups in total. The second kappa shape index (κ2) is 8.44. The SMILES string of the molecule is COc1ccc(CC(=O)NCCCc2ccccc2Cl)cc1. The number of hydrogen-bond donors (Lipinski definition) is 1. The lowest BCUT2D eigenvalue weighted by Gasteiger charge is -2.07. The molecule has 0 atom stereocenters. The first-order valence-electron chi connectivity index (χ1n) is 7.32. The van der Waals surface area contributed by atoms with E-state index in [1.807, 2.05) is 48.5 Å². The molecule has 0 bridgehead atoms. The quantitative estimate of drug-likeness (QED) is 0.792. The van der Waals surface area contributed by atoms with Crippen LogP contribution in [-0.2, 0) is 17.6 Å². The van der Waals surface area contributed by atoms with Crippen LogP contribution in [0.3, 0.4) is 0 Å². The van der Waals surface area contributed by atoms with Gasteiger partial charge in [0.05, 0.1) is 13.5 Å². The minimum absolute atomic E-state index is 0.0318. The van der Waals surface area contributed by atoms with Crippen LogP contribution in [0.2, 0.25) is 5.02 Å². The molecule has 4 heteroatoms. The van der Waals surface area contributed by atoms with E-state index in [0.717, 1.165) is 34.7 Å². The van der Waals surface area contributed by atoms with Gasteiger partial charge in [-0.25, -0.2) is 0 Å². The normalized spacial score (nSPS) is 10.3. The van der Waals surface area contributed by atoms with Crippen molar-refractivity contribution in [3.8, 4) is 5.75 Å². The molecule has 2 aromatic rings. The zero-order chi connectivity index (χ0) is 15.8. The summed E-state index contributed by atoms with van der Waals surface area (Å²) in [5, 5.41) is 3.72. The van der Waals surface area contributed by atoms with Crippen molar-refractivity contribution >= 4 is 17.5 Å². The Morgan fingerprint density at radius 3 is 2.55 bits per heavy atom. The molecule has 0 saturated heterocycles. The monoisotopic (exact) mass is 317 g/mol. The molecule has 0 heterocycles. The first kappa shape index (κ1) is 16.4. The van der Waals surface area contributed by atoms with Gasteiger partial charge in [0.15, 0.2) is 0 Å². The average Bonchev–Trinajstić information content (AvgIpc) is 2.54. The Bertz CT molecular complexity index is 611. The second-order valence-electron chi connectivity index (χ2n) is 5.07. The van der Waals surface area contributed by atoms with Crippen molar-refractivity contribution < 1.29 is 9.53 Å². The van der Waals surface area contributed by atoms with Gasteiger partial charge in [-0.1, -0.05) is 41.9 Å². The lowest BCUT2D eigenvalue weighted by atomic mass is 10.1. The van der Waals surface area contributed by atoms with Crippen LogP contribution >= 0.6 is 11.6 Å². The molecule has 0 aliphatic heterocycles. The van der Waals surface area contributed by atoms with E-state index in [4.69, 9.17) is 16.3 Å². The fourth-order valence-electron chi connectivity index (χ4n) is 2.20. The lowest BCUT2D eigenvalue weighted by Crippen LogP contribution is -2.26.